The number of hydrogen-bond acceptors (Lipinski definition) is 8. The minimum absolute atomic E-state index is 0.0566. The molecule has 0 spiro atoms. The van der Waals surface area contributed by atoms with Gasteiger partial charge in [-0.1, -0.05) is 339 Å². The largest absolute Gasteiger partial charge is 0.472 e. The Morgan fingerprint density at radius 1 is 0.388 bits per heavy atom. The third kappa shape index (κ3) is 65.1. The van der Waals surface area contributed by atoms with Gasteiger partial charge in [-0.15, -0.1) is 0 Å². The summed E-state index contributed by atoms with van der Waals surface area (Å²) in [5.74, 6) is -0.804. The Morgan fingerprint density at radius 3 is 1.02 bits per heavy atom. The van der Waals surface area contributed by atoms with Crippen molar-refractivity contribution in [3.63, 3.8) is 0 Å². The van der Waals surface area contributed by atoms with Crippen molar-refractivity contribution in [1.82, 2.24) is 0 Å². The van der Waals surface area contributed by atoms with E-state index in [1.54, 1.807) is 0 Å². The molecule has 0 fully saturated rings. The molecule has 0 aliphatic heterocycles. The highest BCUT2D eigenvalue weighted by molar-refractivity contribution is 7.47. The van der Waals surface area contributed by atoms with Gasteiger partial charge in [-0.25, -0.2) is 4.57 Å². The number of carbonyl (C=O) groups excluding carboxylic acids is 2. The van der Waals surface area contributed by atoms with Crippen LogP contribution in [0.4, 0.5) is 0 Å². The van der Waals surface area contributed by atoms with Gasteiger partial charge in [0.25, 0.3) is 0 Å². The zero-order valence-electron chi connectivity index (χ0n) is 52.8. The van der Waals surface area contributed by atoms with E-state index in [0.29, 0.717) is 6.42 Å². The minimum Gasteiger partial charge on any atom is -0.462 e. The van der Waals surface area contributed by atoms with Gasteiger partial charge in [0.15, 0.2) is 6.10 Å². The molecule has 0 saturated heterocycles. The molecule has 470 valence electrons. The van der Waals surface area contributed by atoms with Crippen LogP contribution in [0.15, 0.2) is 48.6 Å². The van der Waals surface area contributed by atoms with Crippen LogP contribution in [-0.4, -0.2) is 49.3 Å². The van der Waals surface area contributed by atoms with Crippen molar-refractivity contribution >= 4 is 19.8 Å². The Labute approximate surface area is 496 Å². The Morgan fingerprint density at radius 2 is 0.688 bits per heavy atom. The lowest BCUT2D eigenvalue weighted by molar-refractivity contribution is -0.161. The van der Waals surface area contributed by atoms with Gasteiger partial charge in [0.05, 0.1) is 13.2 Å². The Kier molecular flexibility index (Phi) is 64.4. The summed E-state index contributed by atoms with van der Waals surface area (Å²) >= 11 is 0. The molecule has 80 heavy (non-hydrogen) atoms. The molecule has 0 aliphatic carbocycles. The second kappa shape index (κ2) is 66.1. The fraction of sp³-hybridized carbons (Fsp3) is 0.857. The van der Waals surface area contributed by atoms with Crippen LogP contribution in [0.3, 0.4) is 0 Å². The highest BCUT2D eigenvalue weighted by atomic mass is 31.2. The van der Waals surface area contributed by atoms with Gasteiger partial charge < -0.3 is 20.1 Å². The molecule has 0 aromatic heterocycles. The molecule has 0 rings (SSSR count). The number of unbranched alkanes of at least 4 members (excludes halogenated alkanes) is 45. The summed E-state index contributed by atoms with van der Waals surface area (Å²) in [5, 5.41) is 0. The first kappa shape index (κ1) is 78.0. The fourth-order valence-corrected chi connectivity index (χ4v) is 11.2. The van der Waals surface area contributed by atoms with Crippen molar-refractivity contribution in [2.24, 2.45) is 5.73 Å². The Balaban J connectivity index is 3.76. The van der Waals surface area contributed by atoms with Crippen LogP contribution in [0.25, 0.3) is 0 Å². The van der Waals surface area contributed by atoms with Gasteiger partial charge in [-0.3, -0.25) is 18.6 Å². The molecule has 9 nitrogen and oxygen atoms in total. The first-order valence-corrected chi connectivity index (χ1v) is 36.1. The molecule has 3 N–H and O–H groups in total. The van der Waals surface area contributed by atoms with E-state index < -0.39 is 26.5 Å². The highest BCUT2D eigenvalue weighted by Crippen LogP contribution is 2.43. The van der Waals surface area contributed by atoms with Crippen molar-refractivity contribution < 1.29 is 37.6 Å². The van der Waals surface area contributed by atoms with Crippen LogP contribution >= 0.6 is 7.82 Å². The van der Waals surface area contributed by atoms with Crippen molar-refractivity contribution in [3.05, 3.63) is 48.6 Å². The van der Waals surface area contributed by atoms with Gasteiger partial charge in [-0.05, 0) is 51.4 Å². The molecule has 0 aromatic carbocycles. The molecule has 0 heterocycles. The SMILES string of the molecule is CC/C=C\C/C=C\C/C=C\C/C=C\CCCCCCCCCCCCCCCCCCCCCCCCCCCCC(=O)OC(COC(=O)CCCCCCCCCCCCCCCCCCCCCC)COP(=O)(O)OCCN. The maximum Gasteiger partial charge on any atom is 0.472 e. The van der Waals surface area contributed by atoms with E-state index in [2.05, 4.69) is 62.5 Å². The van der Waals surface area contributed by atoms with E-state index in [4.69, 9.17) is 24.3 Å². The fourth-order valence-electron chi connectivity index (χ4n) is 10.4. The van der Waals surface area contributed by atoms with Crippen LogP contribution < -0.4 is 5.73 Å². The molecule has 0 amide bonds. The lowest BCUT2D eigenvalue weighted by Gasteiger charge is -2.19. The number of phosphoric acid groups is 1. The number of esters is 2. The van der Waals surface area contributed by atoms with Crippen LogP contribution in [0.2, 0.25) is 0 Å². The average molecular weight is 1150 g/mol. The molecule has 10 heteroatoms. The second-order valence-electron chi connectivity index (χ2n) is 23.4. The summed E-state index contributed by atoms with van der Waals surface area (Å²) in [4.78, 5) is 35.3. The first-order chi connectivity index (χ1) is 39.3. The summed E-state index contributed by atoms with van der Waals surface area (Å²) in [6.07, 6.45) is 83.6. The molecule has 0 saturated carbocycles. The Bertz CT molecular complexity index is 1450. The quantitative estimate of drug-likeness (QED) is 0.0264. The van der Waals surface area contributed by atoms with Crippen molar-refractivity contribution in [3.8, 4) is 0 Å². The Hall–Kier alpha value is -2.03. The lowest BCUT2D eigenvalue weighted by atomic mass is 10.0. The lowest BCUT2D eigenvalue weighted by Crippen LogP contribution is -2.29. The third-order valence-corrected chi connectivity index (χ3v) is 16.5. The summed E-state index contributed by atoms with van der Waals surface area (Å²) in [6.45, 7) is 3.70. The number of ether oxygens (including phenoxy) is 2. The van der Waals surface area contributed by atoms with Gasteiger partial charge in [0.1, 0.15) is 6.61 Å². The van der Waals surface area contributed by atoms with Crippen LogP contribution in [0.5, 0.6) is 0 Å². The first-order valence-electron chi connectivity index (χ1n) is 34.6. The maximum atomic E-state index is 12.8. The van der Waals surface area contributed by atoms with E-state index in [9.17, 15) is 19.0 Å². The van der Waals surface area contributed by atoms with Crippen LogP contribution in [0.1, 0.15) is 354 Å². The average Bonchev–Trinajstić information content (AvgIpc) is 3.45. The standard InChI is InChI=1S/C70H132NO8P/c1-3-5-7-9-11-13-15-17-19-21-23-25-26-27-28-29-30-31-32-33-34-35-36-37-38-39-40-41-42-43-45-47-49-51-53-55-57-59-61-63-70(73)79-68(67-78-80(74,75)77-65-64-71)66-76-69(72)62-60-58-56-54-52-50-48-46-44-24-22-20-18-16-14-12-10-8-6-4-2/h5,7,11,13,17,19,23,25,68H,3-4,6,8-10,12,14-16,18,20-22,24,26-67,71H2,1-2H3,(H,74,75)/b7-5-,13-11-,19-17-,25-23-. The molecule has 0 aliphatic rings. The van der Waals surface area contributed by atoms with Gasteiger partial charge in [0, 0.05) is 19.4 Å². The van der Waals surface area contributed by atoms with Gasteiger partial charge in [-0.2, -0.15) is 0 Å². The number of hydrogen-bond donors (Lipinski definition) is 2. The predicted octanol–water partition coefficient (Wildman–Crippen LogP) is 22.5. The number of allylic oxidation sites excluding steroid dienone is 8. The summed E-state index contributed by atoms with van der Waals surface area (Å²) in [5.41, 5.74) is 5.40. The monoisotopic (exact) mass is 1150 g/mol. The second-order valence-corrected chi connectivity index (χ2v) is 24.8. The summed E-state index contributed by atoms with van der Waals surface area (Å²) < 4.78 is 33.2. The number of phosphoric ester groups is 1. The van der Waals surface area contributed by atoms with E-state index >= 15 is 0 Å². The molecule has 2 atom stereocenters. The van der Waals surface area contributed by atoms with E-state index in [0.717, 1.165) is 57.8 Å². The van der Waals surface area contributed by atoms with Crippen molar-refractivity contribution in [1.29, 1.82) is 0 Å². The van der Waals surface area contributed by atoms with Crippen molar-refractivity contribution in [2.45, 2.75) is 360 Å². The van der Waals surface area contributed by atoms with Gasteiger partial charge >= 0.3 is 19.8 Å². The zero-order chi connectivity index (χ0) is 58.0. The normalized spacial score (nSPS) is 13.2. The predicted molar refractivity (Wildman–Crippen MR) is 344 cm³/mol. The highest BCUT2D eigenvalue weighted by Gasteiger charge is 2.26. The van der Waals surface area contributed by atoms with Crippen molar-refractivity contribution in [2.75, 3.05) is 26.4 Å². The third-order valence-electron chi connectivity index (χ3n) is 15.5. The summed E-state index contributed by atoms with van der Waals surface area (Å²) in [6, 6.07) is 0. The maximum absolute atomic E-state index is 12.8. The molecule has 0 bridgehead atoms. The number of carbonyl (C=O) groups is 2. The summed E-state index contributed by atoms with van der Waals surface area (Å²) in [7, 11) is -4.39. The molecule has 2 unspecified atom stereocenters. The molecule has 0 aromatic rings. The minimum atomic E-state index is -4.39. The number of nitrogens with two attached hydrogens (primary N) is 1. The number of rotatable bonds is 66. The molecular formula is C70H132NO8P. The molecule has 0 radical (unpaired) electrons. The zero-order valence-corrected chi connectivity index (χ0v) is 53.7. The molecular weight excluding hydrogens is 1010 g/mol. The van der Waals surface area contributed by atoms with Crippen LogP contribution in [-0.2, 0) is 32.7 Å². The topological polar surface area (TPSA) is 134 Å². The smallest absolute Gasteiger partial charge is 0.462 e. The van der Waals surface area contributed by atoms with Gasteiger partial charge in [0.2, 0.25) is 0 Å². The van der Waals surface area contributed by atoms with Crippen LogP contribution in [0, 0.1) is 0 Å². The van der Waals surface area contributed by atoms with E-state index in [1.807, 2.05) is 0 Å². The van der Waals surface area contributed by atoms with E-state index in [-0.39, 0.29) is 38.6 Å². The van der Waals surface area contributed by atoms with E-state index in [1.165, 1.54) is 263 Å².